The highest BCUT2D eigenvalue weighted by Gasteiger charge is 1.90. The van der Waals surface area contributed by atoms with Crippen molar-refractivity contribution >= 4 is 17.6 Å². The second-order valence-electron chi connectivity index (χ2n) is 0.791. The second-order valence-corrected chi connectivity index (χ2v) is 1.01. The zero-order valence-electron chi connectivity index (χ0n) is 2.85. The smallest absolute Gasteiger partial charge is 0.165 e. The summed E-state index contributed by atoms with van der Waals surface area (Å²) >= 11 is 5.11. The highest BCUT2D eigenvalue weighted by Crippen LogP contribution is 2.03. The first-order chi connectivity index (χ1) is 2.93. The number of hydrogen-bond donors (Lipinski definition) is 0. The van der Waals surface area contributed by atoms with E-state index in [9.17, 15) is 0 Å². The van der Waals surface area contributed by atoms with Gasteiger partial charge in [-0.2, -0.15) is 9.98 Å². The van der Waals surface area contributed by atoms with Crippen molar-refractivity contribution in [1.82, 2.24) is 0 Å². The van der Waals surface area contributed by atoms with Crippen LogP contribution in [-0.2, 0) is 0 Å². The summed E-state index contributed by atoms with van der Waals surface area (Å²) in [6.45, 7) is 0. The van der Waals surface area contributed by atoms with Crippen molar-refractivity contribution in [1.29, 1.82) is 0 Å². The van der Waals surface area contributed by atoms with E-state index in [0.29, 0.717) is 5.82 Å². The molecule has 3 heteroatoms. The van der Waals surface area contributed by atoms with Gasteiger partial charge in [0.1, 0.15) is 6.01 Å². The first-order valence-electron chi connectivity index (χ1n) is 1.40. The monoisotopic (exact) mass is 100.0 g/mol. The van der Waals surface area contributed by atoms with Crippen LogP contribution in [0.2, 0.25) is 0 Å². The lowest BCUT2D eigenvalue weighted by molar-refractivity contribution is 1.20. The zero-order chi connectivity index (χ0) is 4.41. The van der Waals surface area contributed by atoms with Crippen LogP contribution in [0.15, 0.2) is 21.3 Å². The summed E-state index contributed by atoms with van der Waals surface area (Å²) in [5.74, 6) is 0.552. The van der Waals surface area contributed by atoms with Gasteiger partial charge in [0.2, 0.25) is 0 Å². The van der Waals surface area contributed by atoms with Gasteiger partial charge in [0.25, 0.3) is 0 Å². The molecule has 0 N–H and O–H groups in total. The van der Waals surface area contributed by atoms with E-state index >= 15 is 0 Å². The van der Waals surface area contributed by atoms with Crippen molar-refractivity contribution < 1.29 is 0 Å². The number of halogens is 1. The predicted molar refractivity (Wildman–Crippen MR) is 23.8 cm³/mol. The third kappa shape index (κ3) is 0.361. The average Bonchev–Trinajstić information content (AvgIpc) is 1.31. The van der Waals surface area contributed by atoms with Crippen molar-refractivity contribution in [3.63, 3.8) is 0 Å². The van der Waals surface area contributed by atoms with Crippen LogP contribution in [0.4, 0.5) is 0 Å². The molecule has 0 aliphatic carbocycles. The molecular formula is C3HClN2. The molecule has 0 amide bonds. The van der Waals surface area contributed by atoms with Crippen molar-refractivity contribution in [2.45, 2.75) is 0 Å². The van der Waals surface area contributed by atoms with Gasteiger partial charge in [-0.05, 0) is 0 Å². The maximum Gasteiger partial charge on any atom is 0.185 e. The Bertz CT molecular complexity index is 131. The molecule has 0 atom stereocenters. The Labute approximate surface area is 39.9 Å². The minimum atomic E-state index is 0.552. The molecule has 0 radical (unpaired) electrons. The number of nitrogens with zero attached hydrogens (tertiary/aromatic N) is 2. The summed E-state index contributed by atoms with van der Waals surface area (Å²) in [6, 6.07) is 2.31. The van der Waals surface area contributed by atoms with Gasteiger partial charge < -0.3 is 0 Å². The summed E-state index contributed by atoms with van der Waals surface area (Å²) in [5.41, 5.74) is 1.30. The highest BCUT2D eigenvalue weighted by atomic mass is 35.5. The fourth-order valence-corrected chi connectivity index (χ4v) is 0.254. The van der Waals surface area contributed by atoms with Crippen LogP contribution in [0.5, 0.6) is 0 Å². The molecule has 0 saturated carbocycles. The quantitative estimate of drug-likeness (QED) is 0.437. The summed E-state index contributed by atoms with van der Waals surface area (Å²) in [6.07, 6.45) is 0. The van der Waals surface area contributed by atoms with Crippen LogP contribution in [-0.4, -0.2) is 6.01 Å². The Kier molecular flexibility index (Phi) is 0.748. The molecule has 0 bridgehead atoms. The summed E-state index contributed by atoms with van der Waals surface area (Å²) < 4.78 is 0. The van der Waals surface area contributed by atoms with Gasteiger partial charge in [-0.25, -0.2) is 0 Å². The third-order valence-corrected chi connectivity index (χ3v) is 0.622. The lowest BCUT2D eigenvalue weighted by Crippen LogP contribution is -1.76. The topological polar surface area (TPSA) is 24.7 Å². The lowest BCUT2D eigenvalue weighted by Gasteiger charge is -1.86. The van der Waals surface area contributed by atoms with Gasteiger partial charge in [0, 0.05) is 0 Å². The van der Waals surface area contributed by atoms with Gasteiger partial charge in [0.05, 0.1) is 5.54 Å². The number of rotatable bonds is 0. The number of hydrogen-bond acceptors (Lipinski definition) is 2. The molecule has 2 nitrogen and oxygen atoms in total. The molecule has 0 unspecified atom stereocenters. The van der Waals surface area contributed by atoms with E-state index in [1.807, 2.05) is 0 Å². The molecule has 0 aromatic rings. The molecule has 1 aliphatic rings. The normalized spacial score (nSPS) is 14.5. The van der Waals surface area contributed by atoms with Crippen LogP contribution in [0.25, 0.3) is 0 Å². The minimum Gasteiger partial charge on any atom is -0.165 e. The second kappa shape index (κ2) is 1.25. The van der Waals surface area contributed by atoms with Crippen molar-refractivity contribution in [2.75, 3.05) is 0 Å². The Morgan fingerprint density at radius 3 is 2.33 bits per heavy atom. The van der Waals surface area contributed by atoms with E-state index in [-0.39, 0.29) is 0 Å². The molecular weight excluding hydrogens is 99.5 g/mol. The van der Waals surface area contributed by atoms with E-state index in [0.717, 1.165) is 0 Å². The molecule has 1 rings (SSSR count). The largest absolute Gasteiger partial charge is 0.185 e. The first kappa shape index (κ1) is 3.59. The van der Waals surface area contributed by atoms with E-state index in [4.69, 9.17) is 11.6 Å². The lowest BCUT2D eigenvalue weighted by atomic mass is 10.8. The fourth-order valence-electron chi connectivity index (χ4n) is 0.157. The summed E-state index contributed by atoms with van der Waals surface area (Å²) in [4.78, 5) is 7.00. The summed E-state index contributed by atoms with van der Waals surface area (Å²) in [5, 5.41) is 0. The Morgan fingerprint density at radius 1 is 1.67 bits per heavy atom. The highest BCUT2D eigenvalue weighted by molar-refractivity contribution is 6.25. The van der Waals surface area contributed by atoms with Crippen molar-refractivity contribution in [3.05, 3.63) is 11.4 Å². The molecule has 0 spiro atoms. The van der Waals surface area contributed by atoms with Gasteiger partial charge >= 0.3 is 0 Å². The summed E-state index contributed by atoms with van der Waals surface area (Å²) in [7, 11) is 0. The molecule has 0 aromatic heterocycles. The Hall–Kier alpha value is -0.590. The maximum atomic E-state index is 5.11. The molecule has 0 aromatic carbocycles. The van der Waals surface area contributed by atoms with Crippen LogP contribution >= 0.6 is 11.6 Å². The van der Waals surface area contributed by atoms with Crippen LogP contribution in [0, 0.1) is 0 Å². The molecule has 0 saturated heterocycles. The predicted octanol–water partition coefficient (Wildman–Crippen LogP) is 1.21. The van der Waals surface area contributed by atoms with Gasteiger partial charge in [-0.1, -0.05) is 11.6 Å². The average molecular weight is 101 g/mol. The van der Waals surface area contributed by atoms with E-state index in [1.54, 1.807) is 0 Å². The van der Waals surface area contributed by atoms with E-state index < -0.39 is 0 Å². The van der Waals surface area contributed by atoms with E-state index in [1.165, 1.54) is 5.54 Å². The minimum absolute atomic E-state index is 0.552. The number of aliphatic imine (C=N–C) groups is 2. The standard InChI is InChI=1S/C3HClN2/c4-1-3-5-2-6-3/h1H. The maximum absolute atomic E-state index is 5.11. The molecule has 30 valence electrons. The van der Waals surface area contributed by atoms with Gasteiger partial charge in [-0.15, -0.1) is 0 Å². The van der Waals surface area contributed by atoms with Crippen molar-refractivity contribution in [2.24, 2.45) is 9.98 Å². The molecule has 1 aliphatic heterocycles. The van der Waals surface area contributed by atoms with Crippen LogP contribution in [0.3, 0.4) is 0 Å². The van der Waals surface area contributed by atoms with Crippen LogP contribution < -0.4 is 0 Å². The third-order valence-electron chi connectivity index (χ3n) is 0.427. The molecule has 1 heterocycles. The SMILES string of the molecule is ClC=C1N=C=N1. The first-order valence-corrected chi connectivity index (χ1v) is 1.84. The van der Waals surface area contributed by atoms with E-state index in [2.05, 4.69) is 16.0 Å². The van der Waals surface area contributed by atoms with Gasteiger partial charge in [0.15, 0.2) is 5.82 Å². The Morgan fingerprint density at radius 2 is 2.33 bits per heavy atom. The van der Waals surface area contributed by atoms with Gasteiger partial charge in [-0.3, -0.25) is 0 Å². The zero-order valence-corrected chi connectivity index (χ0v) is 3.61. The fraction of sp³-hybridized carbons (Fsp3) is 0. The Balaban J connectivity index is 2.73. The molecule has 0 fully saturated rings. The van der Waals surface area contributed by atoms with Crippen LogP contribution in [0.1, 0.15) is 0 Å². The molecule has 6 heavy (non-hydrogen) atoms. The van der Waals surface area contributed by atoms with Crippen molar-refractivity contribution in [3.8, 4) is 0 Å².